The van der Waals surface area contributed by atoms with Gasteiger partial charge in [0.1, 0.15) is 6.10 Å². The third kappa shape index (κ3) is 7.91. The first-order valence-corrected chi connectivity index (χ1v) is 19.6. The number of carboxylic acid groups (broad SMARTS) is 1. The first kappa shape index (κ1) is 42.8. The van der Waals surface area contributed by atoms with Crippen LogP contribution in [0.3, 0.4) is 0 Å². The number of likely N-dealkylation sites (tertiary alicyclic amines) is 3. The maximum Gasteiger partial charge on any atom is 0.327 e. The average molecular weight is 732 g/mol. The van der Waals surface area contributed by atoms with E-state index in [0.29, 0.717) is 38.5 Å². The lowest BCUT2D eigenvalue weighted by molar-refractivity contribution is -0.174. The van der Waals surface area contributed by atoms with Crippen LogP contribution in [0, 0.1) is 45.3 Å². The number of hydrogen-bond acceptors (Lipinski definition) is 8. The van der Waals surface area contributed by atoms with Crippen molar-refractivity contribution in [3.63, 3.8) is 0 Å². The number of carboxylic acids is 1. The van der Waals surface area contributed by atoms with Crippen LogP contribution in [0.1, 0.15) is 133 Å². The van der Waals surface area contributed by atoms with Crippen molar-refractivity contribution in [3.8, 4) is 12.1 Å². The van der Waals surface area contributed by atoms with E-state index >= 15 is 0 Å². The first-order valence-electron chi connectivity index (χ1n) is 19.6. The van der Waals surface area contributed by atoms with Crippen LogP contribution in [0.2, 0.25) is 0 Å². The van der Waals surface area contributed by atoms with Gasteiger partial charge in [-0.05, 0) is 153 Å². The van der Waals surface area contributed by atoms with Crippen molar-refractivity contribution in [2.45, 2.75) is 174 Å². The minimum Gasteiger partial charge on any atom is -0.480 e. The molecule has 0 amide bonds. The molecule has 3 fully saturated rings. The molecule has 3 heterocycles. The molecular weight excluding hydrogens is 663 g/mol. The second-order valence-electron chi connectivity index (χ2n) is 20.8. The summed E-state index contributed by atoms with van der Waals surface area (Å²) in [4.78, 5) is 34.8. The Hall–Kier alpha value is -2.98. The van der Waals surface area contributed by atoms with Crippen LogP contribution >= 0.6 is 0 Å². The van der Waals surface area contributed by atoms with E-state index < -0.39 is 22.8 Å². The number of rotatable bonds is 9. The zero-order valence-electron chi connectivity index (χ0n) is 35.6. The summed E-state index contributed by atoms with van der Waals surface area (Å²) in [7, 11) is 6.32. The Morgan fingerprint density at radius 2 is 0.906 bits per heavy atom. The molecule has 1 N–H and O–H groups in total. The molecule has 1 aromatic carbocycles. The number of hydrogen-bond donors (Lipinski definition) is 1. The van der Waals surface area contributed by atoms with E-state index in [2.05, 4.69) is 131 Å². The monoisotopic (exact) mass is 732 g/mol. The molecule has 1 aromatic rings. The highest BCUT2D eigenvalue weighted by Crippen LogP contribution is 2.51. The Bertz CT molecular complexity index is 1580. The smallest absolute Gasteiger partial charge is 0.327 e. The number of esters is 1. The predicted molar refractivity (Wildman–Crippen MR) is 210 cm³/mol. The molecule has 53 heavy (non-hydrogen) atoms. The molecule has 3 aliphatic heterocycles. The molecule has 0 radical (unpaired) electrons. The lowest BCUT2D eigenvalue weighted by Crippen LogP contribution is -2.62. The third-order valence-corrected chi connectivity index (χ3v) is 14.7. The quantitative estimate of drug-likeness (QED) is 0.253. The second-order valence-corrected chi connectivity index (χ2v) is 20.8. The van der Waals surface area contributed by atoms with Crippen LogP contribution in [0.15, 0.2) is 24.3 Å². The maximum absolute atomic E-state index is 14.8. The summed E-state index contributed by atoms with van der Waals surface area (Å²) in [6.45, 7) is 25.9. The molecule has 0 saturated carbocycles. The summed E-state index contributed by atoms with van der Waals surface area (Å²) >= 11 is 0. The topological polar surface area (TPSA) is 121 Å². The van der Waals surface area contributed by atoms with Crippen molar-refractivity contribution in [2.24, 2.45) is 22.7 Å². The molecule has 3 saturated heterocycles. The van der Waals surface area contributed by atoms with Gasteiger partial charge in [-0.2, -0.15) is 10.5 Å². The van der Waals surface area contributed by atoms with Crippen molar-refractivity contribution in [1.29, 1.82) is 10.5 Å². The van der Waals surface area contributed by atoms with Crippen molar-refractivity contribution < 1.29 is 19.4 Å². The van der Waals surface area contributed by atoms with Gasteiger partial charge in [0.2, 0.25) is 0 Å². The molecule has 0 aliphatic carbocycles. The number of aliphatic carboxylic acids is 1. The van der Waals surface area contributed by atoms with Crippen LogP contribution < -0.4 is 0 Å². The number of ether oxygens (including phenoxy) is 1. The minimum atomic E-state index is -1.60. The Morgan fingerprint density at radius 3 is 1.21 bits per heavy atom. The third-order valence-electron chi connectivity index (χ3n) is 14.7. The van der Waals surface area contributed by atoms with E-state index in [0.717, 1.165) is 11.1 Å². The van der Waals surface area contributed by atoms with Crippen LogP contribution in [0.4, 0.5) is 0 Å². The van der Waals surface area contributed by atoms with Gasteiger partial charge < -0.3 is 9.84 Å². The normalized spacial score (nSPS) is 27.0. The van der Waals surface area contributed by atoms with E-state index in [1.165, 1.54) is 0 Å². The highest BCUT2D eigenvalue weighted by atomic mass is 16.5. The molecule has 3 aliphatic rings. The Kier molecular flexibility index (Phi) is 11.3. The SMILES string of the molecule is CN1C(C)(C)CC(OC(=O)C(C#N)(Cc2ccc(CC(C#N)(C(=O)O)C3CC(C)(C)N(C)C(C)(C)C3)cc2)C2CC(C)(C)N(C)C(C)(C)C2)CC1(C)C. The van der Waals surface area contributed by atoms with Gasteiger partial charge in [-0.3, -0.25) is 24.3 Å². The molecule has 0 bridgehead atoms. The van der Waals surface area contributed by atoms with Gasteiger partial charge in [-0.15, -0.1) is 0 Å². The molecule has 9 heteroatoms. The molecule has 9 nitrogen and oxygen atoms in total. The Morgan fingerprint density at radius 1 is 0.623 bits per heavy atom. The number of nitrogens with zero attached hydrogens (tertiary/aromatic N) is 5. The minimum absolute atomic E-state index is 0.0735. The van der Waals surface area contributed by atoms with E-state index in [1.807, 2.05) is 24.3 Å². The summed E-state index contributed by atoms with van der Waals surface area (Å²) in [6, 6.07) is 12.4. The fourth-order valence-electron chi connectivity index (χ4n) is 10.6. The van der Waals surface area contributed by atoms with Gasteiger partial charge in [-0.25, -0.2) is 0 Å². The molecular formula is C44H69N5O4. The van der Waals surface area contributed by atoms with Crippen molar-refractivity contribution in [3.05, 3.63) is 35.4 Å². The standard InChI is InChI=1S/C44H69N5O4/c1-37(2)22-32(23-38(3,4)47(37)13)43(28-45,35(50)51)20-30-16-18-31(19-17-30)21-44(29-46,33-24-39(5,6)48(14)40(7,8)25-33)36(52)53-34-26-41(9,10)49(15)42(11,12)27-34/h16-19,32-34H,20-27H2,1-15H3,(H,50,51). The van der Waals surface area contributed by atoms with Gasteiger partial charge in [0, 0.05) is 58.9 Å². The fourth-order valence-corrected chi connectivity index (χ4v) is 10.6. The maximum atomic E-state index is 14.8. The molecule has 2 atom stereocenters. The van der Waals surface area contributed by atoms with Crippen LogP contribution in [-0.2, 0) is 27.2 Å². The molecule has 0 aromatic heterocycles. The van der Waals surface area contributed by atoms with Crippen molar-refractivity contribution in [2.75, 3.05) is 21.1 Å². The lowest BCUT2D eigenvalue weighted by atomic mass is 9.61. The summed E-state index contributed by atoms with van der Waals surface area (Å²) in [6.07, 6.45) is 3.78. The Balaban J connectivity index is 1.71. The van der Waals surface area contributed by atoms with Gasteiger partial charge in [0.05, 0.1) is 12.1 Å². The highest BCUT2D eigenvalue weighted by Gasteiger charge is 2.57. The largest absolute Gasteiger partial charge is 0.480 e. The van der Waals surface area contributed by atoms with E-state index in [4.69, 9.17) is 4.74 Å². The van der Waals surface area contributed by atoms with Gasteiger partial charge >= 0.3 is 11.9 Å². The van der Waals surface area contributed by atoms with Gasteiger partial charge in [0.15, 0.2) is 10.8 Å². The highest BCUT2D eigenvalue weighted by molar-refractivity contribution is 5.81. The number of piperidine rings is 3. The average Bonchev–Trinajstić information content (AvgIpc) is 3.02. The van der Waals surface area contributed by atoms with Crippen LogP contribution in [0.25, 0.3) is 0 Å². The number of nitriles is 2. The zero-order chi connectivity index (χ0) is 40.4. The van der Waals surface area contributed by atoms with Crippen LogP contribution in [-0.4, -0.2) is 92.2 Å². The summed E-state index contributed by atoms with van der Waals surface area (Å²) < 4.78 is 6.49. The number of benzene rings is 1. The zero-order valence-corrected chi connectivity index (χ0v) is 35.6. The molecule has 0 spiro atoms. The van der Waals surface area contributed by atoms with E-state index in [-0.39, 0.29) is 64.0 Å². The first-order chi connectivity index (χ1) is 24.0. The van der Waals surface area contributed by atoms with Crippen molar-refractivity contribution in [1.82, 2.24) is 14.7 Å². The van der Waals surface area contributed by atoms with Gasteiger partial charge in [0.25, 0.3) is 0 Å². The lowest BCUT2D eigenvalue weighted by Gasteiger charge is -2.56. The van der Waals surface area contributed by atoms with E-state index in [1.54, 1.807) is 0 Å². The summed E-state index contributed by atoms with van der Waals surface area (Å²) in [5, 5.41) is 32.5. The number of carbonyl (C=O) groups is 2. The molecule has 294 valence electrons. The number of carbonyl (C=O) groups excluding carboxylic acids is 1. The Labute approximate surface area is 321 Å². The van der Waals surface area contributed by atoms with Crippen molar-refractivity contribution >= 4 is 11.9 Å². The van der Waals surface area contributed by atoms with Crippen LogP contribution in [0.5, 0.6) is 0 Å². The summed E-state index contributed by atoms with van der Waals surface area (Å²) in [5.74, 6) is -2.16. The molecule has 2 unspecified atom stereocenters. The second kappa shape index (κ2) is 13.9. The van der Waals surface area contributed by atoms with Gasteiger partial charge in [-0.1, -0.05) is 24.3 Å². The molecule has 4 rings (SSSR count). The van der Waals surface area contributed by atoms with E-state index in [9.17, 15) is 25.2 Å². The predicted octanol–water partition coefficient (Wildman–Crippen LogP) is 7.87. The summed E-state index contributed by atoms with van der Waals surface area (Å²) in [5.41, 5.74) is -2.93. The fraction of sp³-hybridized carbons (Fsp3) is 0.773.